The first-order chi connectivity index (χ1) is 6.49. The van der Waals surface area contributed by atoms with Crippen molar-refractivity contribution in [3.05, 3.63) is 17.2 Å². The Morgan fingerprint density at radius 2 is 2.00 bits per heavy atom. The summed E-state index contributed by atoms with van der Waals surface area (Å²) in [5.41, 5.74) is 0.374. The lowest BCUT2D eigenvalue weighted by Gasteiger charge is -2.10. The van der Waals surface area contributed by atoms with E-state index in [1.165, 1.54) is 20.1 Å². The average molecular weight is 196 g/mol. The van der Waals surface area contributed by atoms with Gasteiger partial charge in [0.15, 0.2) is 5.78 Å². The first-order valence-corrected chi connectivity index (χ1v) is 4.09. The molecule has 0 spiro atoms. The number of ether oxygens (including phenoxy) is 1. The van der Waals surface area contributed by atoms with E-state index in [0.29, 0.717) is 11.3 Å². The smallest absolute Gasteiger partial charge is 0.167 e. The molecule has 0 unspecified atom stereocenters. The minimum absolute atomic E-state index is 0.0664. The molecule has 0 aliphatic heterocycles. The molecular weight excluding hydrogens is 184 g/mol. The predicted octanol–water partition coefficient (Wildman–Crippen LogP) is 1.62. The fourth-order valence-corrected chi connectivity index (χ4v) is 1.29. The van der Waals surface area contributed by atoms with Crippen LogP contribution in [-0.2, 0) is 0 Å². The lowest BCUT2D eigenvalue weighted by Crippen LogP contribution is -1.97. The zero-order valence-electron chi connectivity index (χ0n) is 8.29. The van der Waals surface area contributed by atoms with Gasteiger partial charge in [0.25, 0.3) is 0 Å². The van der Waals surface area contributed by atoms with Crippen LogP contribution in [-0.4, -0.2) is 23.1 Å². The molecule has 2 N–H and O–H groups in total. The number of phenols is 2. The SMILES string of the molecule is COc1cc(O)c(C(C)=O)c(O)c1C. The highest BCUT2D eigenvalue weighted by Gasteiger charge is 2.17. The monoisotopic (exact) mass is 196 g/mol. The van der Waals surface area contributed by atoms with Crippen LogP contribution in [0.15, 0.2) is 6.07 Å². The number of carbonyl (C=O) groups excluding carboxylic acids is 1. The fraction of sp³-hybridized carbons (Fsp3) is 0.300. The summed E-state index contributed by atoms with van der Waals surface area (Å²) in [6.45, 7) is 2.89. The first kappa shape index (κ1) is 10.4. The van der Waals surface area contributed by atoms with Crippen molar-refractivity contribution in [2.75, 3.05) is 7.11 Å². The summed E-state index contributed by atoms with van der Waals surface area (Å²) in [6, 6.07) is 1.31. The first-order valence-electron chi connectivity index (χ1n) is 4.09. The molecule has 0 amide bonds. The Morgan fingerprint density at radius 1 is 1.43 bits per heavy atom. The van der Waals surface area contributed by atoms with Gasteiger partial charge in [-0.25, -0.2) is 0 Å². The number of benzene rings is 1. The van der Waals surface area contributed by atoms with Crippen LogP contribution in [0.3, 0.4) is 0 Å². The number of hydrogen-bond donors (Lipinski definition) is 2. The van der Waals surface area contributed by atoms with Gasteiger partial charge in [0.1, 0.15) is 22.8 Å². The molecule has 0 aliphatic rings. The van der Waals surface area contributed by atoms with Crippen molar-refractivity contribution < 1.29 is 19.7 Å². The van der Waals surface area contributed by atoms with E-state index in [1.54, 1.807) is 6.92 Å². The molecule has 0 saturated carbocycles. The number of rotatable bonds is 2. The Morgan fingerprint density at radius 3 is 2.43 bits per heavy atom. The summed E-state index contributed by atoms with van der Waals surface area (Å²) in [5, 5.41) is 19.0. The molecule has 1 rings (SSSR count). The summed E-state index contributed by atoms with van der Waals surface area (Å²) in [7, 11) is 1.43. The van der Waals surface area contributed by atoms with Gasteiger partial charge in [0.05, 0.1) is 7.11 Å². The quantitative estimate of drug-likeness (QED) is 0.705. The molecular formula is C10H12O4. The van der Waals surface area contributed by atoms with Gasteiger partial charge in [-0.2, -0.15) is 0 Å². The van der Waals surface area contributed by atoms with Crippen molar-refractivity contribution in [3.63, 3.8) is 0 Å². The van der Waals surface area contributed by atoms with Gasteiger partial charge in [0, 0.05) is 11.6 Å². The molecule has 0 radical (unpaired) electrons. The molecule has 0 aromatic heterocycles. The van der Waals surface area contributed by atoms with Crippen LogP contribution in [0.2, 0.25) is 0 Å². The average Bonchev–Trinajstić information content (AvgIpc) is 2.10. The number of phenolic OH excluding ortho intramolecular Hbond substituents is 2. The highest BCUT2D eigenvalue weighted by atomic mass is 16.5. The summed E-state index contributed by atoms with van der Waals surface area (Å²) < 4.78 is 4.91. The van der Waals surface area contributed by atoms with Crippen LogP contribution < -0.4 is 4.74 Å². The van der Waals surface area contributed by atoms with Crippen LogP contribution in [0.25, 0.3) is 0 Å². The molecule has 1 aromatic rings. The molecule has 0 aliphatic carbocycles. The minimum Gasteiger partial charge on any atom is -0.507 e. The van der Waals surface area contributed by atoms with Crippen molar-refractivity contribution in [2.45, 2.75) is 13.8 Å². The molecule has 0 heterocycles. The maximum absolute atomic E-state index is 11.1. The highest BCUT2D eigenvalue weighted by molar-refractivity contribution is 6.00. The lowest BCUT2D eigenvalue weighted by atomic mass is 10.0. The highest BCUT2D eigenvalue weighted by Crippen LogP contribution is 2.37. The van der Waals surface area contributed by atoms with Crippen molar-refractivity contribution in [1.29, 1.82) is 0 Å². The van der Waals surface area contributed by atoms with Crippen LogP contribution in [0.5, 0.6) is 17.2 Å². The summed E-state index contributed by atoms with van der Waals surface area (Å²) in [4.78, 5) is 11.1. The Labute approximate surface area is 81.8 Å². The molecule has 76 valence electrons. The third kappa shape index (κ3) is 1.51. The van der Waals surface area contributed by atoms with Crippen molar-refractivity contribution in [2.24, 2.45) is 0 Å². The number of methoxy groups -OCH3 is 1. The number of Topliss-reactive ketones (excluding diaryl/α,β-unsaturated/α-hetero) is 1. The standard InChI is InChI=1S/C10H12O4/c1-5-8(14-3)4-7(12)9(6(2)11)10(5)13/h4,12-13H,1-3H3. The fourth-order valence-electron chi connectivity index (χ4n) is 1.29. The van der Waals surface area contributed by atoms with Gasteiger partial charge in [-0.05, 0) is 13.8 Å². The molecule has 0 saturated heterocycles. The van der Waals surface area contributed by atoms with E-state index in [-0.39, 0.29) is 22.8 Å². The Hall–Kier alpha value is -1.71. The Bertz CT molecular complexity index is 382. The normalized spacial score (nSPS) is 9.93. The van der Waals surface area contributed by atoms with Crippen molar-refractivity contribution in [1.82, 2.24) is 0 Å². The van der Waals surface area contributed by atoms with E-state index in [4.69, 9.17) is 4.74 Å². The Kier molecular flexibility index (Phi) is 2.65. The summed E-state index contributed by atoms with van der Waals surface area (Å²) >= 11 is 0. The zero-order valence-corrected chi connectivity index (χ0v) is 8.29. The van der Waals surface area contributed by atoms with Gasteiger partial charge >= 0.3 is 0 Å². The van der Waals surface area contributed by atoms with E-state index in [2.05, 4.69) is 0 Å². The maximum Gasteiger partial charge on any atom is 0.167 e. The molecule has 4 heteroatoms. The lowest BCUT2D eigenvalue weighted by molar-refractivity contribution is 0.101. The second-order valence-corrected chi connectivity index (χ2v) is 3.00. The molecule has 0 fully saturated rings. The molecule has 1 aromatic carbocycles. The number of hydrogen-bond acceptors (Lipinski definition) is 4. The summed E-state index contributed by atoms with van der Waals surface area (Å²) in [6.07, 6.45) is 0. The zero-order chi connectivity index (χ0) is 10.9. The molecule has 0 bridgehead atoms. The summed E-state index contributed by atoms with van der Waals surface area (Å²) in [5.74, 6) is -0.525. The number of aromatic hydroxyl groups is 2. The second-order valence-electron chi connectivity index (χ2n) is 3.00. The predicted molar refractivity (Wildman–Crippen MR) is 51.1 cm³/mol. The van der Waals surface area contributed by atoms with Crippen LogP contribution >= 0.6 is 0 Å². The van der Waals surface area contributed by atoms with Crippen molar-refractivity contribution in [3.8, 4) is 17.2 Å². The van der Waals surface area contributed by atoms with E-state index >= 15 is 0 Å². The van der Waals surface area contributed by atoms with Gasteiger partial charge in [-0.15, -0.1) is 0 Å². The van der Waals surface area contributed by atoms with Crippen LogP contribution in [0, 0.1) is 6.92 Å². The largest absolute Gasteiger partial charge is 0.507 e. The van der Waals surface area contributed by atoms with Gasteiger partial charge in [0.2, 0.25) is 0 Å². The second kappa shape index (κ2) is 3.57. The van der Waals surface area contributed by atoms with Crippen LogP contribution in [0.4, 0.5) is 0 Å². The number of carbonyl (C=O) groups is 1. The van der Waals surface area contributed by atoms with Crippen molar-refractivity contribution >= 4 is 5.78 Å². The third-order valence-electron chi connectivity index (χ3n) is 2.06. The van der Waals surface area contributed by atoms with Gasteiger partial charge < -0.3 is 14.9 Å². The van der Waals surface area contributed by atoms with E-state index in [1.807, 2.05) is 0 Å². The van der Waals surface area contributed by atoms with Gasteiger partial charge in [-0.1, -0.05) is 0 Å². The van der Waals surface area contributed by atoms with E-state index < -0.39 is 0 Å². The molecule has 14 heavy (non-hydrogen) atoms. The Balaban J connectivity index is 3.49. The van der Waals surface area contributed by atoms with Crippen LogP contribution in [0.1, 0.15) is 22.8 Å². The maximum atomic E-state index is 11.1. The molecule has 4 nitrogen and oxygen atoms in total. The third-order valence-corrected chi connectivity index (χ3v) is 2.06. The topological polar surface area (TPSA) is 66.8 Å². The number of ketones is 1. The van der Waals surface area contributed by atoms with E-state index in [0.717, 1.165) is 0 Å². The van der Waals surface area contributed by atoms with E-state index in [9.17, 15) is 15.0 Å². The van der Waals surface area contributed by atoms with Gasteiger partial charge in [-0.3, -0.25) is 4.79 Å². The minimum atomic E-state index is -0.384. The molecule has 0 atom stereocenters.